The van der Waals surface area contributed by atoms with Gasteiger partial charge in [-0.05, 0) is 23.1 Å². The van der Waals surface area contributed by atoms with Gasteiger partial charge >= 0.3 is 0 Å². The van der Waals surface area contributed by atoms with Gasteiger partial charge in [-0.1, -0.05) is 32.9 Å². The second-order valence-corrected chi connectivity index (χ2v) is 6.86. The summed E-state index contributed by atoms with van der Waals surface area (Å²) < 4.78 is 0. The number of hydrogen-bond donors (Lipinski definition) is 2. The quantitative estimate of drug-likeness (QED) is 0.865. The van der Waals surface area contributed by atoms with E-state index in [9.17, 15) is 4.79 Å². The Hall–Kier alpha value is -0.810. The zero-order valence-electron chi connectivity index (χ0n) is 14.4. The van der Waals surface area contributed by atoms with Gasteiger partial charge in [-0.2, -0.15) is 0 Å². The fraction of sp³-hybridized carbons (Fsp3) is 0.588. The molecule has 0 saturated carbocycles. The zero-order chi connectivity index (χ0) is 15.5. The highest BCUT2D eigenvalue weighted by Crippen LogP contribution is 2.38. The minimum absolute atomic E-state index is 0. The van der Waals surface area contributed by atoms with E-state index < -0.39 is 0 Å². The van der Waals surface area contributed by atoms with Crippen LogP contribution in [0.5, 0.6) is 0 Å². The van der Waals surface area contributed by atoms with Crippen LogP contribution in [0.15, 0.2) is 24.3 Å². The summed E-state index contributed by atoms with van der Waals surface area (Å²) in [5, 5.41) is 6.24. The first kappa shape index (κ1) is 22.2. The maximum atomic E-state index is 11.1. The van der Waals surface area contributed by atoms with Gasteiger partial charge in [-0.15, -0.1) is 24.8 Å². The van der Waals surface area contributed by atoms with Crippen molar-refractivity contribution < 1.29 is 4.79 Å². The summed E-state index contributed by atoms with van der Waals surface area (Å²) in [6, 6.07) is 8.67. The summed E-state index contributed by atoms with van der Waals surface area (Å²) >= 11 is 0. The van der Waals surface area contributed by atoms with Gasteiger partial charge < -0.3 is 10.6 Å². The van der Waals surface area contributed by atoms with Crippen molar-refractivity contribution in [3.05, 3.63) is 29.8 Å². The first-order valence-electron chi connectivity index (χ1n) is 7.70. The minimum atomic E-state index is -0.0303. The van der Waals surface area contributed by atoms with Gasteiger partial charge in [0, 0.05) is 44.8 Å². The van der Waals surface area contributed by atoms with Gasteiger partial charge in [0.15, 0.2) is 0 Å². The van der Waals surface area contributed by atoms with E-state index in [1.54, 1.807) is 0 Å². The van der Waals surface area contributed by atoms with Crippen molar-refractivity contribution in [3.8, 4) is 0 Å². The maximum absolute atomic E-state index is 11.1. The van der Waals surface area contributed by atoms with Crippen LogP contribution in [0.3, 0.4) is 0 Å². The lowest BCUT2D eigenvalue weighted by Gasteiger charge is -2.42. The third-order valence-corrected chi connectivity index (χ3v) is 3.88. The molecule has 1 heterocycles. The van der Waals surface area contributed by atoms with Gasteiger partial charge in [0.1, 0.15) is 0 Å². The van der Waals surface area contributed by atoms with Crippen LogP contribution in [-0.4, -0.2) is 37.0 Å². The number of rotatable bonds is 3. The molecule has 2 rings (SSSR count). The molecule has 1 fully saturated rings. The molecule has 1 amide bonds. The van der Waals surface area contributed by atoms with Crippen molar-refractivity contribution in [3.63, 3.8) is 0 Å². The largest absolute Gasteiger partial charge is 0.326 e. The third-order valence-electron chi connectivity index (χ3n) is 3.88. The first-order valence-corrected chi connectivity index (χ1v) is 7.70. The fourth-order valence-corrected chi connectivity index (χ4v) is 3.15. The number of nitrogens with zero attached hydrogens (tertiary/aromatic N) is 1. The minimum Gasteiger partial charge on any atom is -0.326 e. The number of carbonyl (C=O) groups excluding carboxylic acids is 1. The predicted molar refractivity (Wildman–Crippen MR) is 102 cm³/mol. The Morgan fingerprint density at radius 2 is 1.65 bits per heavy atom. The summed E-state index contributed by atoms with van der Waals surface area (Å²) in [6.07, 6.45) is 0. The summed E-state index contributed by atoms with van der Waals surface area (Å²) in [5.74, 6) is -0.0303. The van der Waals surface area contributed by atoms with Crippen molar-refractivity contribution in [2.45, 2.75) is 33.7 Å². The van der Waals surface area contributed by atoms with E-state index in [0.717, 1.165) is 31.9 Å². The van der Waals surface area contributed by atoms with E-state index >= 15 is 0 Å². The molecular formula is C17H29Cl2N3O. The molecule has 0 aliphatic carbocycles. The molecule has 1 atom stereocenters. The molecule has 1 saturated heterocycles. The molecule has 1 aliphatic heterocycles. The summed E-state index contributed by atoms with van der Waals surface area (Å²) in [7, 11) is 0. The Bertz CT molecular complexity index is 480. The Labute approximate surface area is 152 Å². The highest BCUT2D eigenvalue weighted by molar-refractivity contribution is 5.88. The van der Waals surface area contributed by atoms with E-state index in [2.05, 4.69) is 48.4 Å². The molecule has 4 nitrogen and oxygen atoms in total. The molecule has 1 aromatic carbocycles. The number of piperazine rings is 1. The fourth-order valence-electron chi connectivity index (χ4n) is 3.15. The lowest BCUT2D eigenvalue weighted by molar-refractivity contribution is -0.114. The van der Waals surface area contributed by atoms with Crippen molar-refractivity contribution in [1.82, 2.24) is 10.2 Å². The Balaban J connectivity index is 0.00000242. The molecule has 0 spiro atoms. The standard InChI is InChI=1S/C17H27N3O.2ClH/c1-13(21)19-15-7-5-14(6-8-15)16(17(2,3)4)20-11-9-18-10-12-20;;/h5-8,16,18H,9-12H2,1-4H3,(H,19,21);2*1H/t16-;;/m1../s1. The topological polar surface area (TPSA) is 44.4 Å². The average Bonchev–Trinajstić information content (AvgIpc) is 2.40. The highest BCUT2D eigenvalue weighted by atomic mass is 35.5. The monoisotopic (exact) mass is 361 g/mol. The van der Waals surface area contributed by atoms with Crippen molar-refractivity contribution >= 4 is 36.4 Å². The number of halogens is 2. The Morgan fingerprint density at radius 1 is 1.13 bits per heavy atom. The van der Waals surface area contributed by atoms with Crippen LogP contribution in [0.25, 0.3) is 0 Å². The lowest BCUT2D eigenvalue weighted by atomic mass is 9.81. The third kappa shape index (κ3) is 6.30. The normalized spacial score (nSPS) is 16.7. The molecule has 1 aromatic rings. The van der Waals surface area contributed by atoms with Gasteiger partial charge in [-0.3, -0.25) is 9.69 Å². The van der Waals surface area contributed by atoms with E-state index in [1.165, 1.54) is 12.5 Å². The van der Waals surface area contributed by atoms with Crippen molar-refractivity contribution in [2.24, 2.45) is 5.41 Å². The van der Waals surface area contributed by atoms with Gasteiger partial charge in [0.2, 0.25) is 5.91 Å². The first-order chi connectivity index (χ1) is 9.88. The molecule has 132 valence electrons. The van der Waals surface area contributed by atoms with E-state index in [0.29, 0.717) is 6.04 Å². The second kappa shape index (κ2) is 9.48. The molecule has 6 heteroatoms. The van der Waals surface area contributed by atoms with Gasteiger partial charge in [0.05, 0.1) is 0 Å². The van der Waals surface area contributed by atoms with Crippen LogP contribution in [-0.2, 0) is 4.79 Å². The Morgan fingerprint density at radius 3 is 2.09 bits per heavy atom. The average molecular weight is 362 g/mol. The number of amides is 1. The van der Waals surface area contributed by atoms with E-state index in [-0.39, 0.29) is 36.1 Å². The predicted octanol–water partition coefficient (Wildman–Crippen LogP) is 3.48. The van der Waals surface area contributed by atoms with Gasteiger partial charge in [-0.25, -0.2) is 0 Å². The second-order valence-electron chi connectivity index (χ2n) is 6.86. The molecule has 1 aliphatic rings. The Kier molecular flexibility index (Phi) is 9.14. The number of benzene rings is 1. The van der Waals surface area contributed by atoms with Crippen molar-refractivity contribution in [1.29, 1.82) is 0 Å². The van der Waals surface area contributed by atoms with Crippen LogP contribution in [0, 0.1) is 5.41 Å². The molecule has 0 aromatic heterocycles. The smallest absolute Gasteiger partial charge is 0.221 e. The number of anilines is 1. The van der Waals surface area contributed by atoms with Crippen LogP contribution in [0.4, 0.5) is 5.69 Å². The van der Waals surface area contributed by atoms with Crippen LogP contribution < -0.4 is 10.6 Å². The summed E-state index contributed by atoms with van der Waals surface area (Å²) in [6.45, 7) is 12.7. The molecule has 2 N–H and O–H groups in total. The van der Waals surface area contributed by atoms with Crippen molar-refractivity contribution in [2.75, 3.05) is 31.5 Å². The van der Waals surface area contributed by atoms with Crippen LogP contribution in [0.2, 0.25) is 0 Å². The molecule has 23 heavy (non-hydrogen) atoms. The molecule has 0 unspecified atom stereocenters. The maximum Gasteiger partial charge on any atom is 0.221 e. The van der Waals surface area contributed by atoms with Crippen LogP contribution >= 0.6 is 24.8 Å². The number of nitrogens with one attached hydrogen (secondary N) is 2. The molecule has 0 bridgehead atoms. The van der Waals surface area contributed by atoms with Gasteiger partial charge in [0.25, 0.3) is 0 Å². The van der Waals surface area contributed by atoms with E-state index in [4.69, 9.17) is 0 Å². The molecular weight excluding hydrogens is 333 g/mol. The lowest BCUT2D eigenvalue weighted by Crippen LogP contribution is -2.48. The number of hydrogen-bond acceptors (Lipinski definition) is 3. The SMILES string of the molecule is CC(=O)Nc1ccc([C@@H](N2CCNCC2)C(C)(C)C)cc1.Cl.Cl. The highest BCUT2D eigenvalue weighted by Gasteiger charge is 2.32. The summed E-state index contributed by atoms with van der Waals surface area (Å²) in [5.41, 5.74) is 2.35. The summed E-state index contributed by atoms with van der Waals surface area (Å²) in [4.78, 5) is 13.7. The number of carbonyl (C=O) groups is 1. The van der Waals surface area contributed by atoms with E-state index in [1.807, 2.05) is 12.1 Å². The molecule has 0 radical (unpaired) electrons. The zero-order valence-corrected chi connectivity index (χ0v) is 16.0. The van der Waals surface area contributed by atoms with Crippen LogP contribution in [0.1, 0.15) is 39.3 Å².